The smallest absolute Gasteiger partial charge is 0.306 e. The van der Waals surface area contributed by atoms with E-state index in [-0.39, 0.29) is 17.5 Å². The SMILES string of the molecule is CCC.CCCCCCCCC1CC(CCCCCCCCC(CCCCCCCCC2CC2CCCCCCCC)OC(=O)CC2CCC(OC)C2CC)C1.CN1CCC(C)(C=O)CC1. The molecule has 0 N–H and O–H groups in total. The Morgan fingerprint density at radius 2 is 1.02 bits per heavy atom. The molecule has 1 heterocycles. The summed E-state index contributed by atoms with van der Waals surface area (Å²) in [6.45, 7) is 15.3. The zero-order valence-electron chi connectivity index (χ0n) is 46.0. The van der Waals surface area contributed by atoms with Crippen LogP contribution in [0, 0.1) is 40.9 Å². The van der Waals surface area contributed by atoms with Crippen molar-refractivity contribution in [1.82, 2.24) is 4.90 Å². The van der Waals surface area contributed by atoms with Gasteiger partial charge in [0.15, 0.2) is 0 Å². The standard InChI is InChI=1S/C50H94O3.C8H15NO.C3H8/c1-5-8-10-12-18-24-30-42-38-43(39-42)31-25-19-14-16-22-28-34-47(53-50(51)41-46-36-37-49(52-4)48(46)7-3)35-29-23-17-15-21-27-33-45-40-44(45)32-26-20-13-11-9-6-2;1-8(7-10)3-5-9(2)6-4-8;1-3-2/h42-49H,5-41H2,1-4H3;7H,3-6H2,1-2H3;3H2,1-2H3. The van der Waals surface area contributed by atoms with E-state index in [2.05, 4.69) is 46.6 Å². The fraction of sp³-hybridized carbons (Fsp3) is 0.967. The number of hydrogen-bond acceptors (Lipinski definition) is 5. The summed E-state index contributed by atoms with van der Waals surface area (Å²) < 4.78 is 12.0. The number of rotatable bonds is 38. The Balaban J connectivity index is 0.000000992. The normalized spacial score (nSPS) is 24.9. The zero-order chi connectivity index (χ0) is 48.1. The van der Waals surface area contributed by atoms with E-state index >= 15 is 0 Å². The van der Waals surface area contributed by atoms with Crippen molar-refractivity contribution in [1.29, 1.82) is 0 Å². The molecule has 3 aliphatic carbocycles. The Morgan fingerprint density at radius 3 is 1.44 bits per heavy atom. The fourth-order valence-corrected chi connectivity index (χ4v) is 12.0. The number of likely N-dealkylation sites (tertiary alicyclic amines) is 1. The first-order chi connectivity index (χ1) is 32.1. The van der Waals surface area contributed by atoms with Crippen LogP contribution in [0.5, 0.6) is 0 Å². The van der Waals surface area contributed by atoms with E-state index in [0.29, 0.717) is 24.4 Å². The van der Waals surface area contributed by atoms with Crippen molar-refractivity contribution in [3.8, 4) is 0 Å². The van der Waals surface area contributed by atoms with E-state index in [1.165, 1.54) is 205 Å². The number of carbonyl (C=O) groups is 2. The predicted octanol–water partition coefficient (Wildman–Crippen LogP) is 18.5. The van der Waals surface area contributed by atoms with E-state index in [9.17, 15) is 9.59 Å². The van der Waals surface area contributed by atoms with Gasteiger partial charge < -0.3 is 19.2 Å². The molecule has 0 bridgehead atoms. The van der Waals surface area contributed by atoms with E-state index in [4.69, 9.17) is 9.47 Å². The van der Waals surface area contributed by atoms with Crippen LogP contribution in [-0.4, -0.2) is 56.6 Å². The van der Waals surface area contributed by atoms with Crippen LogP contribution in [0.4, 0.5) is 0 Å². The van der Waals surface area contributed by atoms with E-state index < -0.39 is 0 Å². The number of ether oxygens (including phenoxy) is 2. The highest BCUT2D eigenvalue weighted by Crippen LogP contribution is 2.46. The van der Waals surface area contributed by atoms with Crippen molar-refractivity contribution < 1.29 is 19.1 Å². The van der Waals surface area contributed by atoms with E-state index in [1.807, 2.05) is 14.0 Å². The Morgan fingerprint density at radius 1 is 0.591 bits per heavy atom. The molecule has 4 fully saturated rings. The number of hydrogen-bond donors (Lipinski definition) is 0. The van der Waals surface area contributed by atoms with E-state index in [0.717, 1.165) is 88.0 Å². The van der Waals surface area contributed by atoms with Crippen molar-refractivity contribution >= 4 is 12.3 Å². The van der Waals surface area contributed by atoms with Crippen molar-refractivity contribution in [2.24, 2.45) is 40.9 Å². The lowest BCUT2D eigenvalue weighted by molar-refractivity contribution is -0.151. The maximum Gasteiger partial charge on any atom is 0.306 e. The minimum atomic E-state index is -0.0213. The van der Waals surface area contributed by atoms with Crippen molar-refractivity contribution in [2.75, 3.05) is 27.2 Å². The molecule has 0 radical (unpaired) electrons. The summed E-state index contributed by atoms with van der Waals surface area (Å²) in [5.74, 6) is 5.26. The van der Waals surface area contributed by atoms with Crippen LogP contribution < -0.4 is 0 Å². The molecule has 66 heavy (non-hydrogen) atoms. The van der Waals surface area contributed by atoms with Gasteiger partial charge in [-0.05, 0) is 126 Å². The second kappa shape index (κ2) is 39.7. The average molecular weight is 929 g/mol. The third-order valence-electron chi connectivity index (χ3n) is 16.9. The molecule has 1 aliphatic heterocycles. The molecule has 3 saturated carbocycles. The third-order valence-corrected chi connectivity index (χ3v) is 16.9. The lowest BCUT2D eigenvalue weighted by atomic mass is 9.70. The van der Waals surface area contributed by atoms with Gasteiger partial charge >= 0.3 is 5.97 Å². The summed E-state index contributed by atoms with van der Waals surface area (Å²) in [5, 5.41) is 0. The second-order valence-electron chi connectivity index (χ2n) is 23.3. The van der Waals surface area contributed by atoms with Gasteiger partial charge in [0.1, 0.15) is 12.4 Å². The average Bonchev–Trinajstić information content (AvgIpc) is 3.94. The Bertz CT molecular complexity index is 1110. The molecule has 6 unspecified atom stereocenters. The maximum absolute atomic E-state index is 13.2. The van der Waals surface area contributed by atoms with Crippen LogP contribution >= 0.6 is 0 Å². The van der Waals surface area contributed by atoms with Crippen LogP contribution in [0.2, 0.25) is 0 Å². The van der Waals surface area contributed by atoms with Gasteiger partial charge in [0.05, 0.1) is 6.10 Å². The molecule has 0 aromatic carbocycles. The summed E-state index contributed by atoms with van der Waals surface area (Å²) in [5.41, 5.74) is -0.0213. The topological polar surface area (TPSA) is 55.8 Å². The highest BCUT2D eigenvalue weighted by atomic mass is 16.5. The van der Waals surface area contributed by atoms with Crippen molar-refractivity contribution in [2.45, 2.75) is 311 Å². The van der Waals surface area contributed by atoms with Gasteiger partial charge in [-0.1, -0.05) is 221 Å². The van der Waals surface area contributed by atoms with Crippen LogP contribution in [-0.2, 0) is 19.1 Å². The monoisotopic (exact) mass is 928 g/mol. The molecule has 1 saturated heterocycles. The van der Waals surface area contributed by atoms with Gasteiger partial charge in [0.2, 0.25) is 0 Å². The number of aldehydes is 1. The molecule has 6 atom stereocenters. The number of esters is 1. The highest BCUT2D eigenvalue weighted by Gasteiger charge is 2.37. The predicted molar refractivity (Wildman–Crippen MR) is 286 cm³/mol. The minimum absolute atomic E-state index is 0.0213. The summed E-state index contributed by atoms with van der Waals surface area (Å²) in [6, 6.07) is 0. The van der Waals surface area contributed by atoms with Gasteiger partial charge in [-0.2, -0.15) is 0 Å². The number of unbranched alkanes of at least 4 members (excludes halogenated alkanes) is 20. The highest BCUT2D eigenvalue weighted by molar-refractivity contribution is 5.70. The van der Waals surface area contributed by atoms with Crippen LogP contribution in [0.3, 0.4) is 0 Å². The third kappa shape index (κ3) is 29.3. The zero-order valence-corrected chi connectivity index (χ0v) is 46.0. The number of methoxy groups -OCH3 is 1. The summed E-state index contributed by atoms with van der Waals surface area (Å²) in [4.78, 5) is 26.1. The summed E-state index contributed by atoms with van der Waals surface area (Å²) in [6.07, 6.45) is 55.0. The Labute approximate surface area is 413 Å². The number of carbonyl (C=O) groups excluding carboxylic acids is 2. The fourth-order valence-electron chi connectivity index (χ4n) is 12.0. The molecule has 4 aliphatic rings. The molecule has 0 spiro atoms. The van der Waals surface area contributed by atoms with Gasteiger partial charge in [-0.25, -0.2) is 0 Å². The molecule has 0 aromatic rings. The first-order valence-electron chi connectivity index (χ1n) is 30.0. The van der Waals surface area contributed by atoms with Gasteiger partial charge in [0, 0.05) is 18.9 Å². The Kier molecular flexibility index (Phi) is 36.8. The molecule has 0 aromatic heterocycles. The first-order valence-corrected chi connectivity index (χ1v) is 30.0. The molecular formula is C61H117NO4. The lowest BCUT2D eigenvalue weighted by Gasteiger charge is -2.35. The molecule has 390 valence electrons. The van der Waals surface area contributed by atoms with Gasteiger partial charge in [-0.15, -0.1) is 0 Å². The largest absolute Gasteiger partial charge is 0.462 e. The second-order valence-corrected chi connectivity index (χ2v) is 23.3. The van der Waals surface area contributed by atoms with Crippen LogP contribution in [0.15, 0.2) is 0 Å². The van der Waals surface area contributed by atoms with Crippen LogP contribution in [0.1, 0.15) is 298 Å². The molecule has 5 heteroatoms. The lowest BCUT2D eigenvalue weighted by Crippen LogP contribution is -2.36. The van der Waals surface area contributed by atoms with Gasteiger partial charge in [0.25, 0.3) is 0 Å². The number of piperidine rings is 1. The van der Waals surface area contributed by atoms with Crippen molar-refractivity contribution in [3.63, 3.8) is 0 Å². The summed E-state index contributed by atoms with van der Waals surface area (Å²) in [7, 11) is 3.94. The minimum Gasteiger partial charge on any atom is -0.462 e. The Hall–Kier alpha value is -0.940. The van der Waals surface area contributed by atoms with Crippen molar-refractivity contribution in [3.05, 3.63) is 0 Å². The molecule has 5 nitrogen and oxygen atoms in total. The molecule has 4 rings (SSSR count). The maximum atomic E-state index is 13.2. The quantitative estimate of drug-likeness (QED) is 0.0351. The molecule has 0 amide bonds. The van der Waals surface area contributed by atoms with Crippen LogP contribution in [0.25, 0.3) is 0 Å². The molecular weight excluding hydrogens is 811 g/mol. The summed E-state index contributed by atoms with van der Waals surface area (Å²) >= 11 is 0. The van der Waals surface area contributed by atoms with E-state index in [1.54, 1.807) is 0 Å². The first kappa shape index (κ1) is 61.2. The number of nitrogens with zero attached hydrogens (tertiary/aromatic N) is 1. The van der Waals surface area contributed by atoms with Gasteiger partial charge in [-0.3, -0.25) is 4.79 Å².